The van der Waals surface area contributed by atoms with Gasteiger partial charge in [0.25, 0.3) is 0 Å². The summed E-state index contributed by atoms with van der Waals surface area (Å²) in [5, 5.41) is 0. The van der Waals surface area contributed by atoms with Gasteiger partial charge in [0.15, 0.2) is 0 Å². The minimum Gasteiger partial charge on any atom is -0.315 e. The Morgan fingerprint density at radius 1 is 1.07 bits per heavy atom. The molecule has 0 amide bonds. The van der Waals surface area contributed by atoms with Crippen LogP contribution in [-0.2, 0) is 21.3 Å². The third-order valence-corrected chi connectivity index (χ3v) is 9.49. The van der Waals surface area contributed by atoms with E-state index in [1.807, 2.05) is 0 Å². The van der Waals surface area contributed by atoms with Crippen molar-refractivity contribution in [1.29, 1.82) is 0 Å². The normalized spacial score (nSPS) is 12.5. The number of hydrogen-bond acceptors (Lipinski definition) is 1. The Bertz CT molecular complexity index is 420. The number of rotatable bonds is 3. The summed E-state index contributed by atoms with van der Waals surface area (Å²) in [5.74, 6) is 0.159. The molecule has 0 aliphatic rings. The van der Waals surface area contributed by atoms with Gasteiger partial charge in [-0.3, -0.25) is 0 Å². The molecule has 0 saturated carbocycles. The van der Waals surface area contributed by atoms with Gasteiger partial charge in [-0.15, -0.1) is 0 Å². The molecule has 0 aliphatic carbocycles. The lowest BCUT2D eigenvalue weighted by atomic mass is 10.2. The van der Waals surface area contributed by atoms with E-state index in [1.54, 1.807) is 30.3 Å². The average Bonchev–Trinajstić information content (AvgIpc) is 2.15. The minimum absolute atomic E-state index is 0.159. The van der Waals surface area contributed by atoms with Gasteiger partial charge in [-0.1, -0.05) is 30.3 Å². The lowest BCUT2D eigenvalue weighted by Crippen LogP contribution is -1.87. The van der Waals surface area contributed by atoms with Crippen molar-refractivity contribution in [3.8, 4) is 0 Å². The molecule has 1 aromatic rings. The van der Waals surface area contributed by atoms with Crippen LogP contribution in [0.4, 0.5) is 0 Å². The Hall–Kier alpha value is -0.0600. The average molecular weight is 269 g/mol. The fourth-order valence-electron chi connectivity index (χ4n) is 0.811. The lowest BCUT2D eigenvalue weighted by Gasteiger charge is -2.01. The molecule has 5 nitrogen and oxygen atoms in total. The molecule has 0 aromatic heterocycles. The van der Waals surface area contributed by atoms with Crippen LogP contribution in [0.3, 0.4) is 0 Å². The van der Waals surface area contributed by atoms with Gasteiger partial charge in [0.2, 0.25) is 16.7 Å². The van der Waals surface area contributed by atoms with E-state index in [0.29, 0.717) is 10.9 Å². The zero-order valence-electron chi connectivity index (χ0n) is 7.59. The molecule has 1 rings (SSSR count). The lowest BCUT2D eigenvalue weighted by molar-refractivity contribution is 0.375. The van der Waals surface area contributed by atoms with Crippen molar-refractivity contribution in [1.82, 2.24) is 0 Å². The van der Waals surface area contributed by atoms with Gasteiger partial charge in [-0.25, -0.2) is 4.57 Å². The molecule has 0 fully saturated rings. The van der Waals surface area contributed by atoms with Gasteiger partial charge in [-0.2, -0.15) is 0 Å². The van der Waals surface area contributed by atoms with Crippen molar-refractivity contribution >= 4 is 24.4 Å². The Kier molecular flexibility index (Phi) is 4.20. The first-order valence-electron chi connectivity index (χ1n) is 3.92. The summed E-state index contributed by atoms with van der Waals surface area (Å²) in [4.78, 5) is 35.7. The van der Waals surface area contributed by atoms with Crippen LogP contribution in [-0.4, -0.2) is 19.6 Å². The monoisotopic (exact) mass is 269 g/mol. The molecule has 0 atom stereocenters. The van der Waals surface area contributed by atoms with Crippen LogP contribution in [0.2, 0.25) is 0 Å². The molecule has 4 N–H and O–H groups in total. The molecule has 0 bridgehead atoms. The van der Waals surface area contributed by atoms with Crippen molar-refractivity contribution in [2.75, 3.05) is 0 Å². The highest BCUT2D eigenvalue weighted by Gasteiger charge is 2.45. The summed E-state index contributed by atoms with van der Waals surface area (Å²) >= 11 is 0. The predicted octanol–water partition coefficient (Wildman–Crippen LogP) is 1.11. The molecule has 0 unspecified atom stereocenters. The molecule has 0 radical (unpaired) electrons. The Morgan fingerprint density at radius 3 is 2.07 bits per heavy atom. The van der Waals surface area contributed by atoms with E-state index >= 15 is 0 Å². The summed E-state index contributed by atoms with van der Waals surface area (Å²) in [5.41, 5.74) is 0.781. The largest absolute Gasteiger partial charge is 0.480 e. The van der Waals surface area contributed by atoms with E-state index in [0.717, 1.165) is 5.56 Å². The zero-order chi connectivity index (χ0) is 11.5. The first kappa shape index (κ1) is 13.0. The van der Waals surface area contributed by atoms with Gasteiger partial charge in [-0.05, 0) is 0 Å². The molecule has 0 spiro atoms. The third-order valence-electron chi connectivity index (χ3n) is 1.59. The van der Waals surface area contributed by atoms with Crippen LogP contribution < -0.4 is 0 Å². The van der Waals surface area contributed by atoms with E-state index in [9.17, 15) is 14.4 Å². The summed E-state index contributed by atoms with van der Waals surface area (Å²) in [7, 11) is -4.32. The van der Waals surface area contributed by atoms with Crippen LogP contribution in [0, 0.1) is 0 Å². The Balaban J connectivity index is 2.87. The SMILES string of the molecule is O=P(O)(O)P(O)(O)=[S+]Cc1ccccc1. The minimum atomic E-state index is -4.82. The fourth-order valence-corrected chi connectivity index (χ4v) is 4.77. The van der Waals surface area contributed by atoms with Gasteiger partial charge in [0.05, 0.1) is 0 Å². The van der Waals surface area contributed by atoms with Crippen LogP contribution in [0.25, 0.3) is 0 Å². The Labute approximate surface area is 90.6 Å². The van der Waals surface area contributed by atoms with Crippen molar-refractivity contribution in [3.63, 3.8) is 0 Å². The second kappa shape index (κ2) is 4.85. The second-order valence-corrected chi connectivity index (χ2v) is 11.7. The van der Waals surface area contributed by atoms with Crippen LogP contribution in [0.5, 0.6) is 0 Å². The van der Waals surface area contributed by atoms with Gasteiger partial charge >= 0.3 is 13.5 Å². The molecule has 84 valence electrons. The van der Waals surface area contributed by atoms with Crippen LogP contribution in [0.1, 0.15) is 5.56 Å². The van der Waals surface area contributed by atoms with Gasteiger partial charge < -0.3 is 19.6 Å². The van der Waals surface area contributed by atoms with Crippen molar-refractivity contribution in [3.05, 3.63) is 35.9 Å². The molecule has 0 aliphatic heterocycles. The second-order valence-electron chi connectivity index (χ2n) is 2.79. The standard InChI is InChI=1S/C7H10O5P2S/c8-13(9,10)14(11,12)15-6-7-4-2-1-3-5-7/h1-5H,6H2,(H3-,8,9,10,11,12)/p+1. The number of benzene rings is 1. The van der Waals surface area contributed by atoms with E-state index in [2.05, 4.69) is 0 Å². The van der Waals surface area contributed by atoms with Crippen LogP contribution >= 0.6 is 13.5 Å². The molecular formula is C7H11O5P2S+. The number of hydrogen-bond donors (Lipinski definition) is 4. The third kappa shape index (κ3) is 3.78. The molecule has 0 heterocycles. The highest BCUT2D eigenvalue weighted by atomic mass is 32.7. The van der Waals surface area contributed by atoms with Gasteiger partial charge in [0, 0.05) is 5.56 Å². The van der Waals surface area contributed by atoms with E-state index < -0.39 is 13.5 Å². The Morgan fingerprint density at radius 2 is 1.60 bits per heavy atom. The summed E-state index contributed by atoms with van der Waals surface area (Å²) in [6.07, 6.45) is -4.21. The maximum Gasteiger partial charge on any atom is 0.480 e. The first-order valence-corrected chi connectivity index (χ1v) is 9.52. The van der Waals surface area contributed by atoms with Crippen molar-refractivity contribution < 1.29 is 24.1 Å². The molecular weight excluding hydrogens is 258 g/mol. The molecule has 8 heteroatoms. The fraction of sp³-hybridized carbons (Fsp3) is 0.143. The summed E-state index contributed by atoms with van der Waals surface area (Å²) < 4.78 is 10.7. The smallest absolute Gasteiger partial charge is 0.315 e. The van der Waals surface area contributed by atoms with Gasteiger partial charge in [0.1, 0.15) is 0 Å². The maximum absolute atomic E-state index is 10.7. The predicted molar refractivity (Wildman–Crippen MR) is 60.9 cm³/mol. The van der Waals surface area contributed by atoms with Crippen molar-refractivity contribution in [2.24, 2.45) is 0 Å². The summed E-state index contributed by atoms with van der Waals surface area (Å²) in [6.45, 7) is 0. The first-order chi connectivity index (χ1) is 6.83. The zero-order valence-corrected chi connectivity index (χ0v) is 10.2. The highest BCUT2D eigenvalue weighted by Crippen LogP contribution is 2.73. The van der Waals surface area contributed by atoms with Crippen molar-refractivity contribution in [2.45, 2.75) is 5.75 Å². The summed E-state index contributed by atoms with van der Waals surface area (Å²) in [6, 6.07) is 8.82. The molecule has 15 heavy (non-hydrogen) atoms. The van der Waals surface area contributed by atoms with E-state index in [-0.39, 0.29) is 5.75 Å². The highest BCUT2D eigenvalue weighted by molar-refractivity contribution is 8.50. The molecule has 1 aromatic carbocycles. The maximum atomic E-state index is 10.7. The topological polar surface area (TPSA) is 98.0 Å². The van der Waals surface area contributed by atoms with E-state index in [1.165, 1.54) is 0 Å². The quantitative estimate of drug-likeness (QED) is 0.486. The molecule has 0 saturated heterocycles. The van der Waals surface area contributed by atoms with E-state index in [4.69, 9.17) is 9.79 Å². The van der Waals surface area contributed by atoms with Crippen LogP contribution in [0.15, 0.2) is 30.3 Å².